The highest BCUT2D eigenvalue weighted by Gasteiger charge is 2.35. The number of aromatic nitrogens is 1. The molecule has 0 radical (unpaired) electrons. The fraction of sp³-hybridized carbons (Fsp3) is 0.750. The molecule has 1 aromatic heterocycles. The summed E-state index contributed by atoms with van der Waals surface area (Å²) in [5, 5.41) is 10.8. The van der Waals surface area contributed by atoms with Crippen molar-refractivity contribution in [2.24, 2.45) is 5.41 Å². The molecule has 1 atom stereocenters. The van der Waals surface area contributed by atoms with Gasteiger partial charge in [0.05, 0.1) is 23.7 Å². The Bertz CT molecular complexity index is 496. The Morgan fingerprint density at radius 2 is 2.24 bits per heavy atom. The number of carbonyl (C=O) groups is 1. The summed E-state index contributed by atoms with van der Waals surface area (Å²) >= 11 is 1.61. The molecule has 118 valence electrons. The van der Waals surface area contributed by atoms with Crippen LogP contribution in [0.5, 0.6) is 0 Å². The van der Waals surface area contributed by atoms with Crippen molar-refractivity contribution in [1.29, 1.82) is 0 Å². The Kier molecular flexibility index (Phi) is 5.38. The van der Waals surface area contributed by atoms with Crippen molar-refractivity contribution in [2.45, 2.75) is 52.9 Å². The second-order valence-corrected chi connectivity index (χ2v) is 7.53. The summed E-state index contributed by atoms with van der Waals surface area (Å²) in [7, 11) is 0. The lowest BCUT2D eigenvalue weighted by Gasteiger charge is -2.42. The number of carbonyl (C=O) groups excluding carboxylic acids is 1. The maximum atomic E-state index is 12.6. The predicted octanol–water partition coefficient (Wildman–Crippen LogP) is 2.70. The highest BCUT2D eigenvalue weighted by molar-refractivity contribution is 7.11. The van der Waals surface area contributed by atoms with Crippen LogP contribution in [0.25, 0.3) is 0 Å². The first-order valence-corrected chi connectivity index (χ1v) is 8.63. The lowest BCUT2D eigenvalue weighted by molar-refractivity contribution is -0.135. The molecule has 0 aliphatic carbocycles. The lowest BCUT2D eigenvalue weighted by Crippen LogP contribution is -2.48. The molecule has 1 N–H and O–H groups in total. The van der Waals surface area contributed by atoms with E-state index in [1.54, 1.807) is 11.3 Å². The highest BCUT2D eigenvalue weighted by atomic mass is 32.1. The number of hydrogen-bond acceptors (Lipinski definition) is 4. The standard InChI is InChI=1S/C16H26N2O2S/c1-4-6-16(11-19)7-5-8-18(10-16)15(20)9-14-12(2)17-13(3)21-14/h19H,4-11H2,1-3H3/t16-/m1/s1. The van der Waals surface area contributed by atoms with Crippen LogP contribution in [-0.4, -0.2) is 40.6 Å². The smallest absolute Gasteiger partial charge is 0.227 e. The number of rotatable bonds is 5. The first-order chi connectivity index (χ1) is 9.99. The summed E-state index contributed by atoms with van der Waals surface area (Å²) in [6, 6.07) is 0. The molecule has 0 saturated carbocycles. The summed E-state index contributed by atoms with van der Waals surface area (Å²) in [5.74, 6) is 0.176. The van der Waals surface area contributed by atoms with Gasteiger partial charge in [-0.25, -0.2) is 4.98 Å². The molecule has 2 heterocycles. The van der Waals surface area contributed by atoms with Crippen molar-refractivity contribution in [2.75, 3.05) is 19.7 Å². The molecule has 1 aliphatic heterocycles. The minimum Gasteiger partial charge on any atom is -0.396 e. The van der Waals surface area contributed by atoms with E-state index in [9.17, 15) is 9.90 Å². The lowest BCUT2D eigenvalue weighted by atomic mass is 9.77. The van der Waals surface area contributed by atoms with Gasteiger partial charge in [0.2, 0.25) is 5.91 Å². The molecule has 0 bridgehead atoms. The zero-order valence-electron chi connectivity index (χ0n) is 13.3. The third-order valence-corrected chi connectivity index (χ3v) is 5.51. The number of likely N-dealkylation sites (tertiary alicyclic amines) is 1. The van der Waals surface area contributed by atoms with E-state index >= 15 is 0 Å². The van der Waals surface area contributed by atoms with Gasteiger partial charge in [-0.1, -0.05) is 13.3 Å². The van der Waals surface area contributed by atoms with Gasteiger partial charge in [0.15, 0.2) is 0 Å². The number of amides is 1. The first-order valence-electron chi connectivity index (χ1n) is 7.81. The van der Waals surface area contributed by atoms with E-state index in [-0.39, 0.29) is 17.9 Å². The fourth-order valence-corrected chi connectivity index (χ4v) is 4.28. The van der Waals surface area contributed by atoms with Gasteiger partial charge < -0.3 is 10.0 Å². The van der Waals surface area contributed by atoms with Gasteiger partial charge >= 0.3 is 0 Å². The van der Waals surface area contributed by atoms with E-state index in [2.05, 4.69) is 11.9 Å². The number of hydrogen-bond donors (Lipinski definition) is 1. The Labute approximate surface area is 131 Å². The second-order valence-electron chi connectivity index (χ2n) is 6.25. The molecule has 1 fully saturated rings. The first kappa shape index (κ1) is 16.4. The average Bonchev–Trinajstić information content (AvgIpc) is 2.77. The summed E-state index contributed by atoms with van der Waals surface area (Å²) in [4.78, 5) is 20.0. The SMILES string of the molecule is CCC[C@@]1(CO)CCCN(C(=O)Cc2sc(C)nc2C)C1. The third-order valence-electron chi connectivity index (χ3n) is 4.44. The fourth-order valence-electron chi connectivity index (χ4n) is 3.35. The van der Waals surface area contributed by atoms with E-state index in [0.29, 0.717) is 13.0 Å². The Morgan fingerprint density at radius 1 is 1.48 bits per heavy atom. The van der Waals surface area contributed by atoms with Crippen molar-refractivity contribution < 1.29 is 9.90 Å². The van der Waals surface area contributed by atoms with Crippen molar-refractivity contribution in [3.8, 4) is 0 Å². The zero-order valence-corrected chi connectivity index (χ0v) is 14.1. The molecule has 1 aromatic rings. The van der Waals surface area contributed by atoms with E-state index in [1.165, 1.54) is 0 Å². The van der Waals surface area contributed by atoms with Gasteiger partial charge in [-0.2, -0.15) is 0 Å². The minimum absolute atomic E-state index is 0.0820. The Balaban J connectivity index is 2.03. The normalized spacial score (nSPS) is 22.6. The third kappa shape index (κ3) is 3.83. The van der Waals surface area contributed by atoms with Crippen LogP contribution in [0.3, 0.4) is 0 Å². The molecule has 1 aliphatic rings. The molecule has 21 heavy (non-hydrogen) atoms. The average molecular weight is 310 g/mol. The molecule has 4 nitrogen and oxygen atoms in total. The summed E-state index contributed by atoms with van der Waals surface area (Å²) < 4.78 is 0. The maximum absolute atomic E-state index is 12.6. The number of aliphatic hydroxyl groups is 1. The van der Waals surface area contributed by atoms with Crippen LogP contribution in [0.2, 0.25) is 0 Å². The molecule has 0 spiro atoms. The second kappa shape index (κ2) is 6.88. The molecule has 0 aromatic carbocycles. The van der Waals surface area contributed by atoms with Crippen LogP contribution in [0.4, 0.5) is 0 Å². The van der Waals surface area contributed by atoms with Crippen molar-refractivity contribution in [3.05, 3.63) is 15.6 Å². The van der Waals surface area contributed by atoms with Crippen LogP contribution >= 0.6 is 11.3 Å². The Morgan fingerprint density at radius 3 is 2.81 bits per heavy atom. The Hall–Kier alpha value is -0.940. The van der Waals surface area contributed by atoms with Gasteiger partial charge in [-0.15, -0.1) is 11.3 Å². The number of thiazole rings is 1. The molecule has 2 rings (SSSR count). The van der Waals surface area contributed by atoms with E-state index in [4.69, 9.17) is 0 Å². The number of aryl methyl sites for hydroxylation is 2. The van der Waals surface area contributed by atoms with E-state index in [1.807, 2.05) is 18.7 Å². The van der Waals surface area contributed by atoms with Gasteiger partial charge in [-0.3, -0.25) is 4.79 Å². The largest absolute Gasteiger partial charge is 0.396 e. The van der Waals surface area contributed by atoms with Crippen molar-refractivity contribution in [1.82, 2.24) is 9.88 Å². The zero-order chi connectivity index (χ0) is 15.5. The monoisotopic (exact) mass is 310 g/mol. The van der Waals surface area contributed by atoms with Crippen molar-refractivity contribution >= 4 is 17.2 Å². The topological polar surface area (TPSA) is 53.4 Å². The molecule has 0 unspecified atom stereocenters. The van der Waals surface area contributed by atoms with Gasteiger partial charge in [-0.05, 0) is 33.1 Å². The van der Waals surface area contributed by atoms with Crippen LogP contribution in [0, 0.1) is 19.3 Å². The molecule has 5 heteroatoms. The molecular weight excluding hydrogens is 284 g/mol. The predicted molar refractivity (Wildman–Crippen MR) is 85.5 cm³/mol. The quantitative estimate of drug-likeness (QED) is 0.910. The summed E-state index contributed by atoms with van der Waals surface area (Å²) in [5.41, 5.74) is 0.895. The van der Waals surface area contributed by atoms with Crippen LogP contribution in [0.15, 0.2) is 0 Å². The van der Waals surface area contributed by atoms with E-state index in [0.717, 1.165) is 47.8 Å². The van der Waals surface area contributed by atoms with E-state index < -0.39 is 0 Å². The van der Waals surface area contributed by atoms with Crippen LogP contribution in [0.1, 0.15) is 48.2 Å². The van der Waals surface area contributed by atoms with Crippen molar-refractivity contribution in [3.63, 3.8) is 0 Å². The molecule has 1 amide bonds. The van der Waals surface area contributed by atoms with Crippen LogP contribution < -0.4 is 0 Å². The van der Waals surface area contributed by atoms with Gasteiger partial charge in [0, 0.05) is 23.4 Å². The number of aliphatic hydroxyl groups excluding tert-OH is 1. The molecular formula is C16H26N2O2S. The number of nitrogens with zero attached hydrogens (tertiary/aromatic N) is 2. The van der Waals surface area contributed by atoms with Crippen LogP contribution in [-0.2, 0) is 11.2 Å². The summed E-state index contributed by atoms with van der Waals surface area (Å²) in [6.45, 7) is 7.79. The highest BCUT2D eigenvalue weighted by Crippen LogP contribution is 2.34. The van der Waals surface area contributed by atoms with Gasteiger partial charge in [0.1, 0.15) is 0 Å². The summed E-state index contributed by atoms with van der Waals surface area (Å²) in [6.07, 6.45) is 4.51. The maximum Gasteiger partial charge on any atom is 0.227 e. The number of piperidine rings is 1. The minimum atomic E-state index is -0.0820. The molecule has 1 saturated heterocycles. The van der Waals surface area contributed by atoms with Gasteiger partial charge in [0.25, 0.3) is 0 Å².